The Labute approximate surface area is 150 Å². The van der Waals surface area contributed by atoms with E-state index < -0.39 is 6.09 Å². The normalized spacial score (nSPS) is 18.7. The van der Waals surface area contributed by atoms with Crippen molar-refractivity contribution in [1.82, 2.24) is 0 Å². The van der Waals surface area contributed by atoms with Crippen molar-refractivity contribution in [3.05, 3.63) is 59.2 Å². The molecule has 1 aliphatic carbocycles. The van der Waals surface area contributed by atoms with Crippen LogP contribution in [-0.4, -0.2) is 6.09 Å². The molecule has 1 aliphatic rings. The van der Waals surface area contributed by atoms with Gasteiger partial charge in [-0.15, -0.1) is 0 Å². The van der Waals surface area contributed by atoms with Crippen molar-refractivity contribution in [3.63, 3.8) is 0 Å². The maximum absolute atomic E-state index is 11.3. The molecule has 0 heterocycles. The van der Waals surface area contributed by atoms with E-state index in [-0.39, 0.29) is 11.5 Å². The Morgan fingerprint density at radius 3 is 2.36 bits per heavy atom. The fourth-order valence-corrected chi connectivity index (χ4v) is 3.67. The second kappa shape index (κ2) is 6.55. The van der Waals surface area contributed by atoms with Crippen molar-refractivity contribution in [1.29, 1.82) is 0 Å². The molecule has 0 saturated carbocycles. The number of nitrogens with two attached hydrogens (primary N) is 1. The summed E-state index contributed by atoms with van der Waals surface area (Å²) < 4.78 is 5.46. The standard InChI is InChI=1S/C22H27NO2/c1-14(2)15-5-7-16(8-6-15)17-9-10-19-18(13-17)11-12-22(3,4)20(19)25-21(23)24/h5-10,13-14,20H,11-12H2,1-4H3,(H2,23,24)/t20-/m0/s1. The molecule has 1 amide bonds. The summed E-state index contributed by atoms with van der Waals surface area (Å²) in [6.45, 7) is 8.66. The number of rotatable bonds is 3. The zero-order chi connectivity index (χ0) is 18.2. The van der Waals surface area contributed by atoms with Crippen molar-refractivity contribution in [2.75, 3.05) is 0 Å². The molecule has 0 unspecified atom stereocenters. The summed E-state index contributed by atoms with van der Waals surface area (Å²) in [6.07, 6.45) is 0.956. The van der Waals surface area contributed by atoms with Crippen molar-refractivity contribution in [2.24, 2.45) is 11.1 Å². The summed E-state index contributed by atoms with van der Waals surface area (Å²) in [5.74, 6) is 0.534. The van der Waals surface area contributed by atoms with Crippen LogP contribution in [0.15, 0.2) is 42.5 Å². The molecule has 1 atom stereocenters. The summed E-state index contributed by atoms with van der Waals surface area (Å²) in [7, 11) is 0. The van der Waals surface area contributed by atoms with E-state index in [1.54, 1.807) is 0 Å². The number of hydrogen-bond donors (Lipinski definition) is 1. The highest BCUT2D eigenvalue weighted by molar-refractivity contribution is 5.67. The molecule has 132 valence electrons. The van der Waals surface area contributed by atoms with Crippen LogP contribution in [0.1, 0.15) is 62.8 Å². The molecular weight excluding hydrogens is 310 g/mol. The highest BCUT2D eigenvalue weighted by Crippen LogP contribution is 2.46. The number of ether oxygens (including phenoxy) is 1. The molecule has 0 aromatic heterocycles. The molecule has 0 radical (unpaired) electrons. The number of primary amides is 1. The Morgan fingerprint density at radius 2 is 1.76 bits per heavy atom. The third kappa shape index (κ3) is 3.55. The Balaban J connectivity index is 1.95. The van der Waals surface area contributed by atoms with Crippen LogP contribution >= 0.6 is 0 Å². The highest BCUT2D eigenvalue weighted by atomic mass is 16.6. The zero-order valence-corrected chi connectivity index (χ0v) is 15.5. The third-order valence-corrected chi connectivity index (χ3v) is 5.32. The van der Waals surface area contributed by atoms with Crippen LogP contribution in [0.5, 0.6) is 0 Å². The van der Waals surface area contributed by atoms with Crippen molar-refractivity contribution in [3.8, 4) is 11.1 Å². The summed E-state index contributed by atoms with van der Waals surface area (Å²) in [5, 5.41) is 0. The highest BCUT2D eigenvalue weighted by Gasteiger charge is 2.38. The molecule has 2 N–H and O–H groups in total. The first-order valence-electron chi connectivity index (χ1n) is 8.97. The van der Waals surface area contributed by atoms with E-state index in [1.165, 1.54) is 22.3 Å². The Morgan fingerprint density at radius 1 is 1.12 bits per heavy atom. The van der Waals surface area contributed by atoms with Gasteiger partial charge in [0.1, 0.15) is 6.10 Å². The van der Waals surface area contributed by atoms with Gasteiger partial charge in [0.2, 0.25) is 0 Å². The minimum atomic E-state index is -0.709. The molecular formula is C22H27NO2. The molecule has 0 aliphatic heterocycles. The van der Waals surface area contributed by atoms with Gasteiger partial charge in [-0.3, -0.25) is 0 Å². The number of carbonyl (C=O) groups is 1. The SMILES string of the molecule is CC(C)c1ccc(-c2ccc3c(c2)CCC(C)(C)[C@H]3OC(N)=O)cc1. The van der Waals surface area contributed by atoms with Crippen molar-refractivity contribution < 1.29 is 9.53 Å². The Kier molecular flexibility index (Phi) is 4.59. The van der Waals surface area contributed by atoms with Crippen LogP contribution in [0.3, 0.4) is 0 Å². The summed E-state index contributed by atoms with van der Waals surface area (Å²) in [5.41, 5.74) is 11.3. The van der Waals surface area contributed by atoms with Crippen LogP contribution in [0, 0.1) is 5.41 Å². The van der Waals surface area contributed by atoms with E-state index in [4.69, 9.17) is 10.5 Å². The molecule has 2 aromatic carbocycles. The van der Waals surface area contributed by atoms with Crippen molar-refractivity contribution in [2.45, 2.75) is 52.6 Å². The predicted molar refractivity (Wildman–Crippen MR) is 101 cm³/mol. The van der Waals surface area contributed by atoms with Crippen molar-refractivity contribution >= 4 is 6.09 Å². The number of benzene rings is 2. The maximum Gasteiger partial charge on any atom is 0.405 e. The molecule has 3 nitrogen and oxygen atoms in total. The van der Waals surface area contributed by atoms with E-state index in [0.717, 1.165) is 18.4 Å². The van der Waals surface area contributed by atoms with E-state index in [9.17, 15) is 4.79 Å². The lowest BCUT2D eigenvalue weighted by atomic mass is 9.71. The molecule has 2 aromatic rings. The fourth-order valence-electron chi connectivity index (χ4n) is 3.67. The Bertz CT molecular complexity index is 775. The van der Waals surface area contributed by atoms with Crippen LogP contribution in [-0.2, 0) is 11.2 Å². The van der Waals surface area contributed by atoms with Gasteiger partial charge in [0, 0.05) is 5.41 Å². The lowest BCUT2D eigenvalue weighted by molar-refractivity contribution is 0.0147. The number of hydrogen-bond acceptors (Lipinski definition) is 2. The first kappa shape index (κ1) is 17.5. The van der Waals surface area contributed by atoms with E-state index in [2.05, 4.69) is 70.2 Å². The molecule has 0 saturated heterocycles. The van der Waals surface area contributed by atoms with Gasteiger partial charge >= 0.3 is 6.09 Å². The average molecular weight is 337 g/mol. The minimum Gasteiger partial charge on any atom is -0.441 e. The minimum absolute atomic E-state index is 0.109. The Hall–Kier alpha value is -2.29. The monoisotopic (exact) mass is 337 g/mol. The number of fused-ring (bicyclic) bond motifs is 1. The van der Waals surface area contributed by atoms with Crippen LogP contribution < -0.4 is 5.73 Å². The molecule has 3 rings (SSSR count). The molecule has 25 heavy (non-hydrogen) atoms. The van der Waals surface area contributed by atoms with Gasteiger partial charge in [0.15, 0.2) is 0 Å². The molecule has 0 spiro atoms. The first-order valence-corrected chi connectivity index (χ1v) is 8.97. The lowest BCUT2D eigenvalue weighted by Crippen LogP contribution is -2.33. The topological polar surface area (TPSA) is 52.3 Å². The second-order valence-corrected chi connectivity index (χ2v) is 8.00. The molecule has 0 fully saturated rings. The van der Waals surface area contributed by atoms with Gasteiger partial charge in [0.05, 0.1) is 0 Å². The summed E-state index contributed by atoms with van der Waals surface area (Å²) in [6, 6.07) is 15.2. The van der Waals surface area contributed by atoms with Gasteiger partial charge in [-0.25, -0.2) is 4.79 Å². The van der Waals surface area contributed by atoms with E-state index >= 15 is 0 Å². The number of aryl methyl sites for hydroxylation is 1. The molecule has 0 bridgehead atoms. The number of amides is 1. The van der Waals surface area contributed by atoms with E-state index in [0.29, 0.717) is 5.92 Å². The largest absolute Gasteiger partial charge is 0.441 e. The second-order valence-electron chi connectivity index (χ2n) is 8.00. The fraction of sp³-hybridized carbons (Fsp3) is 0.409. The predicted octanol–water partition coefficient (Wildman–Crippen LogP) is 5.59. The van der Waals surface area contributed by atoms with Gasteiger partial charge in [-0.05, 0) is 46.6 Å². The zero-order valence-electron chi connectivity index (χ0n) is 15.5. The van der Waals surface area contributed by atoms with Crippen LogP contribution in [0.4, 0.5) is 4.79 Å². The smallest absolute Gasteiger partial charge is 0.405 e. The van der Waals surface area contributed by atoms with E-state index in [1.807, 2.05) is 0 Å². The van der Waals surface area contributed by atoms with Gasteiger partial charge in [-0.1, -0.05) is 70.2 Å². The van der Waals surface area contributed by atoms with Gasteiger partial charge in [0.25, 0.3) is 0 Å². The quantitative estimate of drug-likeness (QED) is 0.794. The first-order chi connectivity index (χ1) is 11.8. The van der Waals surface area contributed by atoms with Crippen LogP contribution in [0.2, 0.25) is 0 Å². The van der Waals surface area contributed by atoms with Gasteiger partial charge < -0.3 is 10.5 Å². The average Bonchev–Trinajstić information content (AvgIpc) is 2.57. The number of carbonyl (C=O) groups excluding carboxylic acids is 1. The third-order valence-electron chi connectivity index (χ3n) is 5.32. The van der Waals surface area contributed by atoms with Gasteiger partial charge in [-0.2, -0.15) is 0 Å². The summed E-state index contributed by atoms with van der Waals surface area (Å²) in [4.78, 5) is 11.3. The summed E-state index contributed by atoms with van der Waals surface area (Å²) >= 11 is 0. The van der Waals surface area contributed by atoms with Crippen LogP contribution in [0.25, 0.3) is 11.1 Å². The lowest BCUT2D eigenvalue weighted by Gasteiger charge is -2.39. The molecule has 3 heteroatoms. The maximum atomic E-state index is 11.3.